The fourth-order valence-electron chi connectivity index (χ4n) is 2.21. The van der Waals surface area contributed by atoms with E-state index in [4.69, 9.17) is 4.74 Å². The maximum atomic E-state index is 13.9. The van der Waals surface area contributed by atoms with Gasteiger partial charge in [-0.15, -0.1) is 10.2 Å². The molecule has 0 bridgehead atoms. The topological polar surface area (TPSA) is 70.7 Å². The van der Waals surface area contributed by atoms with Gasteiger partial charge in [0.25, 0.3) is 0 Å². The van der Waals surface area contributed by atoms with Crippen molar-refractivity contribution in [3.05, 3.63) is 43.8 Å². The molecule has 170 valence electrons. The Bertz CT molecular complexity index is 1040. The molecule has 0 unspecified atom stereocenters. The molecule has 3 aromatic rings. The van der Waals surface area contributed by atoms with Gasteiger partial charge >= 0.3 is 12.2 Å². The molecule has 0 aliphatic heterocycles. The summed E-state index contributed by atoms with van der Waals surface area (Å²) in [6, 6.07) is 2.88. The van der Waals surface area contributed by atoms with Crippen molar-refractivity contribution < 1.29 is 22.3 Å². The second-order valence-corrected chi connectivity index (χ2v) is 8.74. The van der Waals surface area contributed by atoms with Gasteiger partial charge in [0.2, 0.25) is 9.47 Å². The largest absolute Gasteiger partial charge is 0.421 e. The second-order valence-electron chi connectivity index (χ2n) is 6.61. The molecule has 14 heteroatoms. The van der Waals surface area contributed by atoms with Gasteiger partial charge in [0.15, 0.2) is 16.3 Å². The molecule has 0 aliphatic rings. The molecule has 3 rings (SSSR count). The SMILES string of the molecule is CC(C)n1nc(Br)nc1Br.CC(C)n1nc(Br)nc1Oc1cccc(C(F)(F)F)c1F. The van der Waals surface area contributed by atoms with E-state index >= 15 is 0 Å². The predicted octanol–water partition coefficient (Wildman–Crippen LogP) is 6.96. The van der Waals surface area contributed by atoms with Crippen LogP contribution in [0.1, 0.15) is 45.3 Å². The summed E-state index contributed by atoms with van der Waals surface area (Å²) in [5.74, 6) is -2.05. The van der Waals surface area contributed by atoms with E-state index in [2.05, 4.69) is 68.0 Å². The van der Waals surface area contributed by atoms with E-state index < -0.39 is 23.3 Å². The second kappa shape index (κ2) is 10.4. The summed E-state index contributed by atoms with van der Waals surface area (Å²) in [6.07, 6.45) is -4.80. The normalized spacial score (nSPS) is 11.6. The lowest BCUT2D eigenvalue weighted by Crippen LogP contribution is -2.10. The number of alkyl halides is 3. The molecule has 0 aliphatic carbocycles. The van der Waals surface area contributed by atoms with Crippen molar-refractivity contribution in [1.82, 2.24) is 29.5 Å². The minimum absolute atomic E-state index is 0.102. The van der Waals surface area contributed by atoms with Gasteiger partial charge in [-0.3, -0.25) is 0 Å². The Kier molecular flexibility index (Phi) is 8.62. The van der Waals surface area contributed by atoms with Crippen LogP contribution in [0.3, 0.4) is 0 Å². The molecule has 0 radical (unpaired) electrons. The standard InChI is InChI=1S/C12H10BrF4N3O.C5H7Br2N3/c1-6(2)20-11(18-10(13)19-20)21-8-5-3-4-7(9(8)14)12(15,16)17;1-3(2)10-5(7)8-4(6)9-10/h3-6H,1-2H3;3H,1-2H3. The van der Waals surface area contributed by atoms with E-state index in [9.17, 15) is 17.6 Å². The van der Waals surface area contributed by atoms with Crippen molar-refractivity contribution in [1.29, 1.82) is 0 Å². The Labute approximate surface area is 200 Å². The van der Waals surface area contributed by atoms with Crippen LogP contribution >= 0.6 is 47.8 Å². The van der Waals surface area contributed by atoms with Gasteiger partial charge in [-0.25, -0.2) is 13.8 Å². The monoisotopic (exact) mass is 634 g/mol. The average molecular weight is 637 g/mol. The molecular formula is C17H17Br3F4N6O. The molecule has 0 atom stereocenters. The molecule has 31 heavy (non-hydrogen) atoms. The van der Waals surface area contributed by atoms with Crippen LogP contribution in [-0.2, 0) is 6.18 Å². The third-order valence-corrected chi connectivity index (χ3v) is 4.80. The van der Waals surface area contributed by atoms with Crippen LogP contribution in [0.4, 0.5) is 17.6 Å². The van der Waals surface area contributed by atoms with Crippen molar-refractivity contribution in [2.45, 2.75) is 46.0 Å². The Morgan fingerprint density at radius 3 is 1.90 bits per heavy atom. The zero-order valence-corrected chi connectivity index (χ0v) is 21.4. The average Bonchev–Trinajstić information content (AvgIpc) is 3.17. The van der Waals surface area contributed by atoms with E-state index in [1.807, 2.05) is 13.8 Å². The Morgan fingerprint density at radius 1 is 0.903 bits per heavy atom. The minimum Gasteiger partial charge on any atom is -0.421 e. The van der Waals surface area contributed by atoms with E-state index in [1.54, 1.807) is 18.5 Å². The van der Waals surface area contributed by atoms with E-state index in [-0.39, 0.29) is 16.8 Å². The molecule has 2 heterocycles. The van der Waals surface area contributed by atoms with Gasteiger partial charge in [-0.2, -0.15) is 23.1 Å². The van der Waals surface area contributed by atoms with Crippen LogP contribution < -0.4 is 4.74 Å². The highest BCUT2D eigenvalue weighted by molar-refractivity contribution is 9.11. The first-order valence-corrected chi connectivity index (χ1v) is 11.1. The first kappa shape index (κ1) is 25.7. The lowest BCUT2D eigenvalue weighted by Gasteiger charge is -2.13. The van der Waals surface area contributed by atoms with Gasteiger partial charge in [0.05, 0.1) is 11.6 Å². The third kappa shape index (κ3) is 6.72. The summed E-state index contributed by atoms with van der Waals surface area (Å²) in [5, 5.41) is 8.04. The van der Waals surface area contributed by atoms with Gasteiger partial charge in [0.1, 0.15) is 0 Å². The van der Waals surface area contributed by atoms with Crippen molar-refractivity contribution >= 4 is 47.8 Å². The minimum atomic E-state index is -4.80. The van der Waals surface area contributed by atoms with Crippen LogP contribution in [0.5, 0.6) is 11.8 Å². The number of hydrogen-bond donors (Lipinski definition) is 0. The number of hydrogen-bond acceptors (Lipinski definition) is 5. The fourth-order valence-corrected chi connectivity index (χ4v) is 3.76. The fraction of sp³-hybridized carbons (Fsp3) is 0.412. The summed E-state index contributed by atoms with van der Waals surface area (Å²) >= 11 is 9.49. The molecule has 0 amide bonds. The molecule has 2 aromatic heterocycles. The first-order chi connectivity index (χ1) is 14.3. The highest BCUT2D eigenvalue weighted by Gasteiger charge is 2.35. The van der Waals surface area contributed by atoms with Crippen molar-refractivity contribution in [3.8, 4) is 11.8 Å². The van der Waals surface area contributed by atoms with Crippen molar-refractivity contribution in [3.63, 3.8) is 0 Å². The quantitative estimate of drug-likeness (QED) is 0.290. The van der Waals surface area contributed by atoms with E-state index in [0.717, 1.165) is 16.9 Å². The molecule has 7 nitrogen and oxygen atoms in total. The molecule has 0 saturated heterocycles. The summed E-state index contributed by atoms with van der Waals surface area (Å²) in [7, 11) is 0. The van der Waals surface area contributed by atoms with Gasteiger partial charge in [-0.1, -0.05) is 6.07 Å². The molecule has 0 spiro atoms. The zero-order chi connectivity index (χ0) is 23.5. The van der Waals surface area contributed by atoms with Crippen LogP contribution in [0.2, 0.25) is 0 Å². The van der Waals surface area contributed by atoms with Crippen LogP contribution in [0.15, 0.2) is 32.4 Å². The Hall–Kier alpha value is -1.54. The van der Waals surface area contributed by atoms with Crippen molar-refractivity contribution in [2.24, 2.45) is 0 Å². The van der Waals surface area contributed by atoms with Gasteiger partial charge in [-0.05, 0) is 87.6 Å². The number of rotatable bonds is 4. The summed E-state index contributed by atoms with van der Waals surface area (Å²) in [6.45, 7) is 7.64. The number of halogens is 7. The summed E-state index contributed by atoms with van der Waals surface area (Å²) in [4.78, 5) is 7.88. The summed E-state index contributed by atoms with van der Waals surface area (Å²) in [5.41, 5.74) is -1.39. The van der Waals surface area contributed by atoms with Gasteiger partial charge in [0, 0.05) is 6.04 Å². The third-order valence-electron chi connectivity index (χ3n) is 3.59. The van der Waals surface area contributed by atoms with Crippen LogP contribution in [0.25, 0.3) is 0 Å². The van der Waals surface area contributed by atoms with E-state index in [0.29, 0.717) is 16.8 Å². The van der Waals surface area contributed by atoms with Gasteiger partial charge < -0.3 is 4.74 Å². The molecule has 0 fully saturated rings. The van der Waals surface area contributed by atoms with Crippen LogP contribution in [-0.4, -0.2) is 29.5 Å². The van der Waals surface area contributed by atoms with E-state index in [1.165, 1.54) is 4.68 Å². The highest BCUT2D eigenvalue weighted by atomic mass is 79.9. The summed E-state index contributed by atoms with van der Waals surface area (Å²) < 4.78 is 61.6. The maximum Gasteiger partial charge on any atom is 0.419 e. The number of ether oxygens (including phenoxy) is 1. The Balaban J connectivity index is 0.000000285. The predicted molar refractivity (Wildman–Crippen MR) is 115 cm³/mol. The molecule has 0 saturated carbocycles. The Morgan fingerprint density at radius 2 is 1.45 bits per heavy atom. The maximum absolute atomic E-state index is 13.9. The number of aromatic nitrogens is 6. The lowest BCUT2D eigenvalue weighted by molar-refractivity contribution is -0.140. The molecule has 1 aromatic carbocycles. The first-order valence-electron chi connectivity index (χ1n) is 8.74. The number of benzene rings is 1. The van der Waals surface area contributed by atoms with Crippen LogP contribution in [0, 0.1) is 5.82 Å². The smallest absolute Gasteiger partial charge is 0.419 e. The molecular weight excluding hydrogens is 620 g/mol. The number of nitrogens with zero attached hydrogens (tertiary/aromatic N) is 6. The zero-order valence-electron chi connectivity index (χ0n) is 16.6. The lowest BCUT2D eigenvalue weighted by atomic mass is 10.2. The highest BCUT2D eigenvalue weighted by Crippen LogP contribution is 2.36. The molecule has 0 N–H and O–H groups in total. The van der Waals surface area contributed by atoms with Crippen molar-refractivity contribution in [2.75, 3.05) is 0 Å².